The molecule has 4 heteroatoms. The van der Waals surface area contributed by atoms with Crippen LogP contribution in [0.15, 0.2) is 46.9 Å². The van der Waals surface area contributed by atoms with Crippen molar-refractivity contribution < 1.29 is 9.84 Å². The van der Waals surface area contributed by atoms with Crippen molar-refractivity contribution in [3.05, 3.63) is 58.1 Å². The van der Waals surface area contributed by atoms with E-state index in [2.05, 4.69) is 27.3 Å². The number of hydrogen-bond acceptors (Lipinski definition) is 3. The first-order valence-electron chi connectivity index (χ1n) is 6.92. The minimum absolute atomic E-state index is 0.271. The van der Waals surface area contributed by atoms with Crippen LogP contribution >= 0.6 is 15.9 Å². The van der Waals surface area contributed by atoms with Gasteiger partial charge >= 0.3 is 0 Å². The Morgan fingerprint density at radius 1 is 1.14 bits per heavy atom. The second-order valence-corrected chi connectivity index (χ2v) is 6.04. The van der Waals surface area contributed by atoms with E-state index < -0.39 is 6.10 Å². The third-order valence-corrected chi connectivity index (χ3v) is 3.68. The summed E-state index contributed by atoms with van der Waals surface area (Å²) in [6.07, 6.45) is -0.561. The Morgan fingerprint density at radius 2 is 1.86 bits per heavy atom. The summed E-state index contributed by atoms with van der Waals surface area (Å²) in [5.74, 6) is 0.822. The van der Waals surface area contributed by atoms with Gasteiger partial charge in [-0.15, -0.1) is 0 Å². The molecule has 2 N–H and O–H groups in total. The number of hydrogen-bond donors (Lipinski definition) is 2. The van der Waals surface area contributed by atoms with E-state index in [-0.39, 0.29) is 6.61 Å². The number of nitrogens with one attached hydrogen (secondary N) is 1. The van der Waals surface area contributed by atoms with E-state index in [9.17, 15) is 5.11 Å². The number of anilines is 1. The molecule has 0 aliphatic heterocycles. The highest BCUT2D eigenvalue weighted by Crippen LogP contribution is 2.19. The van der Waals surface area contributed by atoms with Crippen molar-refractivity contribution in [3.63, 3.8) is 0 Å². The number of aryl methyl sites for hydroxylation is 2. The fourth-order valence-corrected chi connectivity index (χ4v) is 2.27. The molecular weight excluding hydrogens is 330 g/mol. The molecule has 1 atom stereocenters. The molecule has 0 fully saturated rings. The molecule has 0 aliphatic carbocycles. The zero-order valence-electron chi connectivity index (χ0n) is 12.3. The van der Waals surface area contributed by atoms with E-state index in [1.54, 1.807) is 0 Å². The summed E-state index contributed by atoms with van der Waals surface area (Å²) in [6.45, 7) is 4.78. The molecule has 2 aromatic rings. The van der Waals surface area contributed by atoms with E-state index in [0.717, 1.165) is 21.5 Å². The highest BCUT2D eigenvalue weighted by Gasteiger charge is 2.07. The van der Waals surface area contributed by atoms with Crippen LogP contribution < -0.4 is 10.1 Å². The normalized spacial score (nSPS) is 12.0. The number of aliphatic hydroxyl groups is 1. The SMILES string of the molecule is Cc1ccc(OCC(O)CNc2ccc(Br)cc2)c(C)c1. The van der Waals surface area contributed by atoms with Crippen molar-refractivity contribution in [1.82, 2.24) is 0 Å². The van der Waals surface area contributed by atoms with E-state index in [0.29, 0.717) is 6.54 Å². The summed E-state index contributed by atoms with van der Waals surface area (Å²) in [4.78, 5) is 0. The Labute approximate surface area is 134 Å². The lowest BCUT2D eigenvalue weighted by Gasteiger charge is -2.15. The van der Waals surface area contributed by atoms with Crippen LogP contribution in [0.3, 0.4) is 0 Å². The van der Waals surface area contributed by atoms with Crippen LogP contribution in [0.4, 0.5) is 5.69 Å². The largest absolute Gasteiger partial charge is 0.491 e. The second kappa shape index (κ2) is 7.48. The number of ether oxygens (including phenoxy) is 1. The zero-order chi connectivity index (χ0) is 15.2. The highest BCUT2D eigenvalue weighted by atomic mass is 79.9. The number of rotatable bonds is 6. The molecule has 0 aromatic heterocycles. The lowest BCUT2D eigenvalue weighted by molar-refractivity contribution is 0.117. The van der Waals surface area contributed by atoms with Gasteiger partial charge in [-0.3, -0.25) is 0 Å². The smallest absolute Gasteiger partial charge is 0.122 e. The van der Waals surface area contributed by atoms with Gasteiger partial charge in [-0.2, -0.15) is 0 Å². The first-order valence-corrected chi connectivity index (χ1v) is 7.71. The zero-order valence-corrected chi connectivity index (χ0v) is 13.9. The molecule has 0 heterocycles. The van der Waals surface area contributed by atoms with Gasteiger partial charge in [0, 0.05) is 16.7 Å². The lowest BCUT2D eigenvalue weighted by atomic mass is 10.1. The Kier molecular flexibility index (Phi) is 5.65. The molecule has 3 nitrogen and oxygen atoms in total. The minimum atomic E-state index is -0.561. The third kappa shape index (κ3) is 5.06. The van der Waals surface area contributed by atoms with Crippen LogP contribution in [-0.4, -0.2) is 24.4 Å². The quantitative estimate of drug-likeness (QED) is 0.830. The Morgan fingerprint density at radius 3 is 2.52 bits per heavy atom. The number of halogens is 1. The van der Waals surface area contributed by atoms with E-state index in [4.69, 9.17) is 4.74 Å². The summed E-state index contributed by atoms with van der Waals surface area (Å²) in [7, 11) is 0. The summed E-state index contributed by atoms with van der Waals surface area (Å²) >= 11 is 3.39. The summed E-state index contributed by atoms with van der Waals surface area (Å²) in [6, 6.07) is 13.9. The van der Waals surface area contributed by atoms with Crippen LogP contribution in [0.5, 0.6) is 5.75 Å². The summed E-state index contributed by atoms with van der Waals surface area (Å²) in [5, 5.41) is 13.2. The Hall–Kier alpha value is -1.52. The summed E-state index contributed by atoms with van der Waals surface area (Å²) < 4.78 is 6.70. The maximum atomic E-state index is 9.98. The van der Waals surface area contributed by atoms with E-state index in [1.165, 1.54) is 5.56 Å². The van der Waals surface area contributed by atoms with Crippen LogP contribution in [-0.2, 0) is 0 Å². The van der Waals surface area contributed by atoms with Gasteiger partial charge in [0.1, 0.15) is 18.5 Å². The maximum absolute atomic E-state index is 9.98. The van der Waals surface area contributed by atoms with E-state index >= 15 is 0 Å². The third-order valence-electron chi connectivity index (χ3n) is 3.15. The van der Waals surface area contributed by atoms with Crippen molar-refractivity contribution in [1.29, 1.82) is 0 Å². The summed E-state index contributed by atoms with van der Waals surface area (Å²) in [5.41, 5.74) is 3.27. The number of aliphatic hydroxyl groups excluding tert-OH is 1. The predicted molar refractivity (Wildman–Crippen MR) is 90.0 cm³/mol. The minimum Gasteiger partial charge on any atom is -0.491 e. The molecule has 0 bridgehead atoms. The van der Waals surface area contributed by atoms with Gasteiger partial charge in [0.25, 0.3) is 0 Å². The predicted octanol–water partition coefficient (Wildman–Crippen LogP) is 3.92. The number of benzene rings is 2. The fourth-order valence-electron chi connectivity index (χ4n) is 2.01. The van der Waals surface area contributed by atoms with Crippen molar-refractivity contribution in [2.24, 2.45) is 0 Å². The Balaban J connectivity index is 1.79. The molecule has 0 saturated carbocycles. The van der Waals surface area contributed by atoms with Gasteiger partial charge in [-0.05, 0) is 49.7 Å². The molecule has 0 amide bonds. The first kappa shape index (κ1) is 15.9. The highest BCUT2D eigenvalue weighted by molar-refractivity contribution is 9.10. The standard InChI is InChI=1S/C17H20BrNO2/c1-12-3-8-17(13(2)9-12)21-11-16(20)10-19-15-6-4-14(18)5-7-15/h3-9,16,19-20H,10-11H2,1-2H3. The van der Waals surface area contributed by atoms with Crippen LogP contribution in [0.25, 0.3) is 0 Å². The molecule has 1 unspecified atom stereocenters. The van der Waals surface area contributed by atoms with Crippen LogP contribution in [0.2, 0.25) is 0 Å². The van der Waals surface area contributed by atoms with Gasteiger partial charge in [0.15, 0.2) is 0 Å². The van der Waals surface area contributed by atoms with Gasteiger partial charge in [-0.25, -0.2) is 0 Å². The monoisotopic (exact) mass is 349 g/mol. The average molecular weight is 350 g/mol. The first-order chi connectivity index (χ1) is 10.0. The molecule has 2 rings (SSSR count). The van der Waals surface area contributed by atoms with Crippen LogP contribution in [0.1, 0.15) is 11.1 Å². The molecule has 21 heavy (non-hydrogen) atoms. The van der Waals surface area contributed by atoms with Gasteiger partial charge < -0.3 is 15.2 Å². The topological polar surface area (TPSA) is 41.5 Å². The van der Waals surface area contributed by atoms with Crippen molar-refractivity contribution >= 4 is 21.6 Å². The van der Waals surface area contributed by atoms with Crippen molar-refractivity contribution in [2.75, 3.05) is 18.5 Å². The van der Waals surface area contributed by atoms with Crippen molar-refractivity contribution in [3.8, 4) is 5.75 Å². The fraction of sp³-hybridized carbons (Fsp3) is 0.294. The van der Waals surface area contributed by atoms with Gasteiger partial charge in [0.2, 0.25) is 0 Å². The maximum Gasteiger partial charge on any atom is 0.122 e. The molecule has 0 spiro atoms. The second-order valence-electron chi connectivity index (χ2n) is 5.12. The van der Waals surface area contributed by atoms with Crippen molar-refractivity contribution in [2.45, 2.75) is 20.0 Å². The lowest BCUT2D eigenvalue weighted by Crippen LogP contribution is -2.26. The molecule has 2 aromatic carbocycles. The average Bonchev–Trinajstić information content (AvgIpc) is 2.46. The molecule has 0 saturated heterocycles. The van der Waals surface area contributed by atoms with Gasteiger partial charge in [0.05, 0.1) is 0 Å². The van der Waals surface area contributed by atoms with Gasteiger partial charge in [-0.1, -0.05) is 33.6 Å². The van der Waals surface area contributed by atoms with E-state index in [1.807, 2.05) is 50.2 Å². The van der Waals surface area contributed by atoms with Crippen LogP contribution in [0, 0.1) is 13.8 Å². The Bertz CT molecular complexity index is 584. The molecular formula is C17H20BrNO2. The molecule has 112 valence electrons. The molecule has 0 radical (unpaired) electrons. The molecule has 0 aliphatic rings.